The molecule has 3 aromatic carbocycles. The van der Waals surface area contributed by atoms with E-state index in [1.54, 1.807) is 30.0 Å². The van der Waals surface area contributed by atoms with Crippen LogP contribution < -0.4 is 4.74 Å². The van der Waals surface area contributed by atoms with Crippen LogP contribution in [0.2, 0.25) is 10.0 Å². The number of rotatable bonds is 7. The second-order valence-electron chi connectivity index (χ2n) is 6.43. The topological polar surface area (TPSA) is 39.9 Å². The lowest BCUT2D eigenvalue weighted by molar-refractivity contribution is 0.288. The van der Waals surface area contributed by atoms with Gasteiger partial charge in [0.15, 0.2) is 11.0 Å². The summed E-state index contributed by atoms with van der Waals surface area (Å²) in [7, 11) is 0. The van der Waals surface area contributed by atoms with Crippen LogP contribution in [0.15, 0.2) is 65.8 Å². The van der Waals surface area contributed by atoms with Crippen LogP contribution in [0.4, 0.5) is 0 Å². The molecule has 0 saturated carbocycles. The van der Waals surface area contributed by atoms with E-state index in [1.165, 1.54) is 16.3 Å². The van der Waals surface area contributed by atoms with Gasteiger partial charge in [-0.3, -0.25) is 0 Å². The predicted molar refractivity (Wildman–Crippen MR) is 120 cm³/mol. The van der Waals surface area contributed by atoms with E-state index in [2.05, 4.69) is 64.2 Å². The van der Waals surface area contributed by atoms with Gasteiger partial charge in [-0.25, -0.2) is 0 Å². The third-order valence-electron chi connectivity index (χ3n) is 4.60. The summed E-state index contributed by atoms with van der Waals surface area (Å²) >= 11 is 13.8. The maximum absolute atomic E-state index is 6.18. The Bertz CT molecular complexity index is 1140. The molecule has 0 aliphatic rings. The Morgan fingerprint density at radius 1 is 1.00 bits per heavy atom. The zero-order valence-corrected chi connectivity index (χ0v) is 18.1. The van der Waals surface area contributed by atoms with Gasteiger partial charge in [0.05, 0.1) is 5.02 Å². The highest BCUT2D eigenvalue weighted by Crippen LogP contribution is 2.29. The molecule has 0 bridgehead atoms. The summed E-state index contributed by atoms with van der Waals surface area (Å²) in [5.41, 5.74) is 1.28. The van der Waals surface area contributed by atoms with Gasteiger partial charge >= 0.3 is 0 Å². The third-order valence-corrected chi connectivity index (χ3v) is 6.14. The Labute approximate surface area is 183 Å². The highest BCUT2D eigenvalue weighted by atomic mass is 35.5. The summed E-state index contributed by atoms with van der Waals surface area (Å²) in [6.07, 6.45) is 0. The number of halogens is 2. The summed E-state index contributed by atoms with van der Waals surface area (Å²) in [6.45, 7) is 3.12. The van der Waals surface area contributed by atoms with E-state index in [4.69, 9.17) is 27.9 Å². The first-order chi connectivity index (χ1) is 14.2. The predicted octanol–water partition coefficient (Wildman–Crippen LogP) is 6.63. The minimum absolute atomic E-state index is 0.289. The summed E-state index contributed by atoms with van der Waals surface area (Å²) in [4.78, 5) is 0. The van der Waals surface area contributed by atoms with Crippen molar-refractivity contribution >= 4 is 45.7 Å². The Kier molecular flexibility index (Phi) is 6.28. The largest absolute Gasteiger partial charge is 0.484 e. The van der Waals surface area contributed by atoms with Gasteiger partial charge in [-0.15, -0.1) is 10.2 Å². The van der Waals surface area contributed by atoms with E-state index in [-0.39, 0.29) is 6.61 Å². The van der Waals surface area contributed by atoms with Gasteiger partial charge in [-0.2, -0.15) is 0 Å². The molecule has 29 heavy (non-hydrogen) atoms. The van der Waals surface area contributed by atoms with Crippen LogP contribution in [0.3, 0.4) is 0 Å². The van der Waals surface area contributed by atoms with Gasteiger partial charge in [0.1, 0.15) is 12.4 Å². The minimum atomic E-state index is 0.289. The Morgan fingerprint density at radius 3 is 2.66 bits per heavy atom. The van der Waals surface area contributed by atoms with E-state index in [9.17, 15) is 0 Å². The molecule has 7 heteroatoms. The third kappa shape index (κ3) is 4.53. The van der Waals surface area contributed by atoms with Gasteiger partial charge in [0.2, 0.25) is 0 Å². The molecule has 0 atom stereocenters. The van der Waals surface area contributed by atoms with Crippen LogP contribution >= 0.6 is 35.0 Å². The molecule has 0 aliphatic heterocycles. The maximum Gasteiger partial charge on any atom is 0.191 e. The number of thioether (sulfide) groups is 1. The Hall–Kier alpha value is -2.21. The highest BCUT2D eigenvalue weighted by Gasteiger charge is 2.13. The Morgan fingerprint density at radius 2 is 1.83 bits per heavy atom. The van der Waals surface area contributed by atoms with Crippen molar-refractivity contribution in [3.8, 4) is 5.75 Å². The molecule has 0 amide bonds. The number of hydrogen-bond donors (Lipinski definition) is 0. The standard InChI is InChI=1S/C22H19Cl2N3OS/c1-2-27-21(13-28-20-11-10-17(23)12-19(20)24)25-26-22(27)29-14-16-8-5-7-15-6-3-4-9-18(15)16/h3-12H,2,13-14H2,1H3. The molecular formula is C22H19Cl2N3OS. The maximum atomic E-state index is 6.18. The Balaban J connectivity index is 1.48. The second kappa shape index (κ2) is 9.08. The average Bonchev–Trinajstić information content (AvgIpc) is 3.13. The van der Waals surface area contributed by atoms with Crippen molar-refractivity contribution < 1.29 is 4.74 Å². The van der Waals surface area contributed by atoms with Gasteiger partial charge in [0.25, 0.3) is 0 Å². The lowest BCUT2D eigenvalue weighted by Gasteiger charge is -2.10. The first-order valence-electron chi connectivity index (χ1n) is 9.25. The molecule has 4 rings (SSSR count). The zero-order chi connectivity index (χ0) is 20.2. The lowest BCUT2D eigenvalue weighted by atomic mass is 10.1. The van der Waals surface area contributed by atoms with Gasteiger partial charge in [0, 0.05) is 17.3 Å². The van der Waals surface area contributed by atoms with Crippen molar-refractivity contribution in [3.63, 3.8) is 0 Å². The second-order valence-corrected chi connectivity index (χ2v) is 8.22. The molecule has 1 aromatic heterocycles. The van der Waals surface area contributed by atoms with Crippen LogP contribution in [-0.2, 0) is 18.9 Å². The van der Waals surface area contributed by atoms with E-state index in [1.807, 2.05) is 0 Å². The number of nitrogens with zero attached hydrogens (tertiary/aromatic N) is 3. The fourth-order valence-corrected chi connectivity index (χ4v) is 4.63. The minimum Gasteiger partial charge on any atom is -0.484 e. The van der Waals surface area contributed by atoms with E-state index >= 15 is 0 Å². The van der Waals surface area contributed by atoms with Gasteiger partial charge in [-0.05, 0) is 41.5 Å². The molecule has 0 saturated heterocycles. The van der Waals surface area contributed by atoms with Crippen LogP contribution in [0, 0.1) is 0 Å². The number of aromatic nitrogens is 3. The zero-order valence-electron chi connectivity index (χ0n) is 15.8. The average molecular weight is 444 g/mol. The molecule has 1 heterocycles. The van der Waals surface area contributed by atoms with E-state index in [0.717, 1.165) is 23.3 Å². The summed E-state index contributed by atoms with van der Waals surface area (Å²) < 4.78 is 7.90. The molecular weight excluding hydrogens is 425 g/mol. The van der Waals surface area contributed by atoms with Crippen molar-refractivity contribution in [2.75, 3.05) is 0 Å². The quantitative estimate of drug-likeness (QED) is 0.300. The highest BCUT2D eigenvalue weighted by molar-refractivity contribution is 7.98. The summed E-state index contributed by atoms with van der Waals surface area (Å²) in [6, 6.07) is 20.0. The smallest absolute Gasteiger partial charge is 0.191 e. The SMILES string of the molecule is CCn1c(COc2ccc(Cl)cc2Cl)nnc1SCc1cccc2ccccc12. The van der Waals surface area contributed by atoms with Crippen LogP contribution in [-0.4, -0.2) is 14.8 Å². The molecule has 0 radical (unpaired) electrons. The lowest BCUT2D eigenvalue weighted by Crippen LogP contribution is -2.07. The fraction of sp³-hybridized carbons (Fsp3) is 0.182. The van der Waals surface area contributed by atoms with Gasteiger partial charge < -0.3 is 9.30 Å². The van der Waals surface area contributed by atoms with E-state index in [0.29, 0.717) is 15.8 Å². The number of benzene rings is 3. The van der Waals surface area contributed by atoms with Crippen LogP contribution in [0.25, 0.3) is 10.8 Å². The van der Waals surface area contributed by atoms with Gasteiger partial charge in [-0.1, -0.05) is 77.4 Å². The number of hydrogen-bond acceptors (Lipinski definition) is 4. The molecule has 4 nitrogen and oxygen atoms in total. The van der Waals surface area contributed by atoms with Crippen molar-refractivity contribution in [2.45, 2.75) is 31.0 Å². The van der Waals surface area contributed by atoms with Crippen molar-refractivity contribution in [1.29, 1.82) is 0 Å². The fourth-order valence-electron chi connectivity index (χ4n) is 3.15. The summed E-state index contributed by atoms with van der Waals surface area (Å²) in [5.74, 6) is 2.16. The van der Waals surface area contributed by atoms with Crippen molar-refractivity contribution in [1.82, 2.24) is 14.8 Å². The van der Waals surface area contributed by atoms with Crippen molar-refractivity contribution in [3.05, 3.63) is 82.1 Å². The normalized spacial score (nSPS) is 11.1. The molecule has 0 spiro atoms. The molecule has 0 fully saturated rings. The summed E-state index contributed by atoms with van der Waals surface area (Å²) in [5, 5.41) is 13.1. The monoisotopic (exact) mass is 443 g/mol. The van der Waals surface area contributed by atoms with Crippen molar-refractivity contribution in [2.24, 2.45) is 0 Å². The molecule has 0 unspecified atom stereocenters. The van der Waals surface area contributed by atoms with E-state index < -0.39 is 0 Å². The number of fused-ring (bicyclic) bond motifs is 1. The molecule has 148 valence electrons. The van der Waals surface area contributed by atoms with Crippen LogP contribution in [0.1, 0.15) is 18.3 Å². The first kappa shape index (κ1) is 20.1. The number of ether oxygens (including phenoxy) is 1. The van der Waals surface area contributed by atoms with Crippen LogP contribution in [0.5, 0.6) is 5.75 Å². The molecule has 0 N–H and O–H groups in total. The first-order valence-corrected chi connectivity index (χ1v) is 11.0. The molecule has 4 aromatic rings. The molecule has 0 aliphatic carbocycles.